The molecule has 1 aliphatic rings. The maximum Gasteiger partial charge on any atom is 0.148 e. The highest BCUT2D eigenvalue weighted by Crippen LogP contribution is 2.31. The number of anilines is 1. The standard InChI is InChI=1S/C15H26N4/c1-15(2,16-3)11-17-14-10-9-13(18-19-14)12-7-5-4-6-8-12/h9-10,12,16H,4-8,11H2,1-3H3,(H,17,19). The summed E-state index contributed by atoms with van der Waals surface area (Å²) in [6, 6.07) is 4.19. The van der Waals surface area contributed by atoms with E-state index in [2.05, 4.69) is 46.8 Å². The number of hydrogen-bond donors (Lipinski definition) is 2. The van der Waals surface area contributed by atoms with Crippen LogP contribution in [0.3, 0.4) is 0 Å². The van der Waals surface area contributed by atoms with Crippen LogP contribution in [0.4, 0.5) is 5.82 Å². The first-order chi connectivity index (χ1) is 9.11. The lowest BCUT2D eigenvalue weighted by atomic mass is 9.87. The molecule has 0 spiro atoms. The molecular formula is C15H26N4. The van der Waals surface area contributed by atoms with Crippen LogP contribution in [0.5, 0.6) is 0 Å². The van der Waals surface area contributed by atoms with Crippen LogP contribution in [-0.4, -0.2) is 29.3 Å². The van der Waals surface area contributed by atoms with E-state index >= 15 is 0 Å². The van der Waals surface area contributed by atoms with Crippen molar-refractivity contribution in [3.8, 4) is 0 Å². The second-order valence-corrected chi connectivity index (χ2v) is 6.17. The summed E-state index contributed by atoms with van der Waals surface area (Å²) in [6.07, 6.45) is 6.59. The molecule has 1 aliphatic carbocycles. The van der Waals surface area contributed by atoms with Crippen molar-refractivity contribution in [3.63, 3.8) is 0 Å². The molecule has 1 aromatic heterocycles. The molecule has 0 aromatic carbocycles. The van der Waals surface area contributed by atoms with Gasteiger partial charge in [-0.1, -0.05) is 19.3 Å². The third kappa shape index (κ3) is 4.16. The lowest BCUT2D eigenvalue weighted by molar-refractivity contribution is 0.433. The molecule has 1 saturated carbocycles. The van der Waals surface area contributed by atoms with Crippen LogP contribution in [0, 0.1) is 0 Å². The van der Waals surface area contributed by atoms with E-state index in [1.807, 2.05) is 7.05 Å². The average molecular weight is 262 g/mol. The van der Waals surface area contributed by atoms with Gasteiger partial charge in [0.2, 0.25) is 0 Å². The summed E-state index contributed by atoms with van der Waals surface area (Å²) < 4.78 is 0. The highest BCUT2D eigenvalue weighted by atomic mass is 15.2. The van der Waals surface area contributed by atoms with Crippen molar-refractivity contribution >= 4 is 5.82 Å². The van der Waals surface area contributed by atoms with E-state index in [1.165, 1.54) is 32.1 Å². The molecule has 4 heteroatoms. The summed E-state index contributed by atoms with van der Waals surface area (Å²) in [5.74, 6) is 1.49. The Morgan fingerprint density at radius 2 is 1.89 bits per heavy atom. The van der Waals surface area contributed by atoms with E-state index in [0.717, 1.165) is 18.1 Å². The predicted molar refractivity (Wildman–Crippen MR) is 79.5 cm³/mol. The summed E-state index contributed by atoms with van der Waals surface area (Å²) >= 11 is 0. The maximum atomic E-state index is 4.40. The van der Waals surface area contributed by atoms with Gasteiger partial charge >= 0.3 is 0 Å². The lowest BCUT2D eigenvalue weighted by Crippen LogP contribution is -2.42. The van der Waals surface area contributed by atoms with Gasteiger partial charge < -0.3 is 10.6 Å². The molecule has 2 rings (SSSR count). The normalized spacial score (nSPS) is 17.4. The minimum atomic E-state index is 0.0592. The molecule has 0 atom stereocenters. The largest absolute Gasteiger partial charge is 0.367 e. The molecule has 0 aliphatic heterocycles. The van der Waals surface area contributed by atoms with Gasteiger partial charge in [-0.3, -0.25) is 0 Å². The fraction of sp³-hybridized carbons (Fsp3) is 0.733. The van der Waals surface area contributed by atoms with Crippen molar-refractivity contribution in [2.45, 2.75) is 57.4 Å². The van der Waals surface area contributed by atoms with Gasteiger partial charge in [0.15, 0.2) is 0 Å². The molecule has 106 valence electrons. The summed E-state index contributed by atoms with van der Waals surface area (Å²) in [5.41, 5.74) is 1.22. The highest BCUT2D eigenvalue weighted by Gasteiger charge is 2.17. The van der Waals surface area contributed by atoms with Crippen molar-refractivity contribution in [1.82, 2.24) is 15.5 Å². The van der Waals surface area contributed by atoms with Crippen LogP contribution < -0.4 is 10.6 Å². The molecule has 2 N–H and O–H groups in total. The zero-order valence-electron chi connectivity index (χ0n) is 12.4. The van der Waals surface area contributed by atoms with Crippen LogP contribution in [0.25, 0.3) is 0 Å². The molecule has 0 bridgehead atoms. The van der Waals surface area contributed by atoms with Crippen molar-refractivity contribution in [2.75, 3.05) is 18.9 Å². The Hall–Kier alpha value is -1.16. The number of likely N-dealkylation sites (N-methyl/N-ethyl adjacent to an activating group) is 1. The Kier molecular flexibility index (Phi) is 4.75. The van der Waals surface area contributed by atoms with Gasteiger partial charge in [0.05, 0.1) is 5.69 Å². The fourth-order valence-electron chi connectivity index (χ4n) is 2.45. The first-order valence-corrected chi connectivity index (χ1v) is 7.37. The van der Waals surface area contributed by atoms with E-state index in [-0.39, 0.29) is 5.54 Å². The zero-order valence-corrected chi connectivity index (χ0v) is 12.4. The lowest BCUT2D eigenvalue weighted by Gasteiger charge is -2.24. The Bertz CT molecular complexity index is 380. The SMILES string of the molecule is CNC(C)(C)CNc1ccc(C2CCCCC2)nn1. The average Bonchev–Trinajstić information content (AvgIpc) is 2.47. The first-order valence-electron chi connectivity index (χ1n) is 7.37. The van der Waals surface area contributed by atoms with Crippen LogP contribution >= 0.6 is 0 Å². The molecule has 1 fully saturated rings. The molecular weight excluding hydrogens is 236 g/mol. The summed E-state index contributed by atoms with van der Waals surface area (Å²) in [7, 11) is 1.97. The Labute approximate surface area is 116 Å². The van der Waals surface area contributed by atoms with Crippen molar-refractivity contribution < 1.29 is 0 Å². The van der Waals surface area contributed by atoms with Crippen molar-refractivity contribution in [3.05, 3.63) is 17.8 Å². The number of hydrogen-bond acceptors (Lipinski definition) is 4. The van der Waals surface area contributed by atoms with Gasteiger partial charge in [-0.25, -0.2) is 0 Å². The monoisotopic (exact) mass is 262 g/mol. The smallest absolute Gasteiger partial charge is 0.148 e. The molecule has 0 saturated heterocycles. The summed E-state index contributed by atoms with van der Waals surface area (Å²) in [5, 5.41) is 15.3. The first kappa shape index (κ1) is 14.3. The predicted octanol–water partition coefficient (Wildman–Crippen LogP) is 2.93. The highest BCUT2D eigenvalue weighted by molar-refractivity contribution is 5.34. The van der Waals surface area contributed by atoms with E-state index in [9.17, 15) is 0 Å². The molecule has 0 radical (unpaired) electrons. The maximum absolute atomic E-state index is 4.40. The van der Waals surface area contributed by atoms with Crippen LogP contribution in [0.2, 0.25) is 0 Å². The van der Waals surface area contributed by atoms with E-state index in [0.29, 0.717) is 5.92 Å². The number of rotatable bonds is 5. The summed E-state index contributed by atoms with van der Waals surface area (Å²) in [6.45, 7) is 5.15. The molecule has 0 amide bonds. The van der Waals surface area contributed by atoms with Crippen molar-refractivity contribution in [2.24, 2.45) is 0 Å². The Morgan fingerprint density at radius 1 is 1.16 bits per heavy atom. The second-order valence-electron chi connectivity index (χ2n) is 6.17. The fourth-order valence-corrected chi connectivity index (χ4v) is 2.45. The zero-order chi connectivity index (χ0) is 13.7. The number of aromatic nitrogens is 2. The topological polar surface area (TPSA) is 49.8 Å². The van der Waals surface area contributed by atoms with Gasteiger partial charge in [-0.15, -0.1) is 5.10 Å². The number of nitrogens with one attached hydrogen (secondary N) is 2. The molecule has 1 heterocycles. The molecule has 19 heavy (non-hydrogen) atoms. The molecule has 0 unspecified atom stereocenters. The van der Waals surface area contributed by atoms with Crippen LogP contribution in [0.15, 0.2) is 12.1 Å². The van der Waals surface area contributed by atoms with E-state index in [4.69, 9.17) is 0 Å². The Balaban J connectivity index is 1.91. The van der Waals surface area contributed by atoms with Crippen LogP contribution in [0.1, 0.15) is 57.6 Å². The second kappa shape index (κ2) is 6.33. The third-order valence-electron chi connectivity index (χ3n) is 4.10. The van der Waals surface area contributed by atoms with E-state index < -0.39 is 0 Å². The minimum Gasteiger partial charge on any atom is -0.367 e. The van der Waals surface area contributed by atoms with Gasteiger partial charge in [-0.05, 0) is 45.9 Å². The van der Waals surface area contributed by atoms with Crippen LogP contribution in [-0.2, 0) is 0 Å². The third-order valence-corrected chi connectivity index (χ3v) is 4.10. The van der Waals surface area contributed by atoms with Gasteiger partial charge in [0, 0.05) is 18.0 Å². The van der Waals surface area contributed by atoms with Gasteiger partial charge in [0.25, 0.3) is 0 Å². The number of nitrogens with zero attached hydrogens (tertiary/aromatic N) is 2. The summed E-state index contributed by atoms with van der Waals surface area (Å²) in [4.78, 5) is 0. The van der Waals surface area contributed by atoms with Gasteiger partial charge in [0.1, 0.15) is 5.82 Å². The van der Waals surface area contributed by atoms with Crippen molar-refractivity contribution in [1.29, 1.82) is 0 Å². The van der Waals surface area contributed by atoms with E-state index in [1.54, 1.807) is 0 Å². The quantitative estimate of drug-likeness (QED) is 0.856. The van der Waals surface area contributed by atoms with Gasteiger partial charge in [-0.2, -0.15) is 5.10 Å². The molecule has 1 aromatic rings. The molecule has 4 nitrogen and oxygen atoms in total. The minimum absolute atomic E-state index is 0.0592. The Morgan fingerprint density at radius 3 is 2.47 bits per heavy atom.